The van der Waals surface area contributed by atoms with E-state index in [1.807, 2.05) is 39.0 Å². The van der Waals surface area contributed by atoms with Crippen molar-refractivity contribution in [3.8, 4) is 17.6 Å². The van der Waals surface area contributed by atoms with Gasteiger partial charge in [-0.15, -0.1) is 6.58 Å². The van der Waals surface area contributed by atoms with Crippen molar-refractivity contribution in [1.82, 2.24) is 5.32 Å². The number of aryl methyl sites for hydroxylation is 3. The first-order valence-corrected chi connectivity index (χ1v) is 9.29. The van der Waals surface area contributed by atoms with E-state index in [0.29, 0.717) is 16.9 Å². The summed E-state index contributed by atoms with van der Waals surface area (Å²) in [6.07, 6.45) is 2.96. The molecule has 0 aliphatic rings. The molecule has 0 radical (unpaired) electrons. The van der Waals surface area contributed by atoms with Crippen molar-refractivity contribution in [3.63, 3.8) is 0 Å². The van der Waals surface area contributed by atoms with Crippen molar-refractivity contribution >= 4 is 18.0 Å². The molecule has 0 atom stereocenters. The number of ether oxygens (including phenoxy) is 2. The SMILES string of the molecule is C=CCNC(=O)C(C#N)=Cc1ccc(OC(=O)c2c(C)cc(C)cc2C)c(OC)c1. The lowest BCUT2D eigenvalue weighted by atomic mass is 10.00. The molecule has 0 spiro atoms. The number of rotatable bonds is 7. The smallest absolute Gasteiger partial charge is 0.344 e. The second-order valence-corrected chi connectivity index (χ2v) is 6.74. The third kappa shape index (κ3) is 5.36. The van der Waals surface area contributed by atoms with Gasteiger partial charge in [-0.25, -0.2) is 4.79 Å². The van der Waals surface area contributed by atoms with Gasteiger partial charge >= 0.3 is 5.97 Å². The van der Waals surface area contributed by atoms with Crippen LogP contribution in [-0.4, -0.2) is 25.5 Å². The van der Waals surface area contributed by atoms with Crippen LogP contribution >= 0.6 is 0 Å². The Kier molecular flexibility index (Phi) is 7.54. The molecule has 2 aromatic carbocycles. The van der Waals surface area contributed by atoms with E-state index in [2.05, 4.69) is 11.9 Å². The van der Waals surface area contributed by atoms with E-state index in [9.17, 15) is 14.9 Å². The quantitative estimate of drug-likeness (QED) is 0.247. The van der Waals surface area contributed by atoms with Crippen molar-refractivity contribution in [3.05, 3.63) is 76.4 Å². The first-order valence-electron chi connectivity index (χ1n) is 9.29. The molecule has 0 aliphatic carbocycles. The lowest BCUT2D eigenvalue weighted by Crippen LogP contribution is -2.24. The van der Waals surface area contributed by atoms with Crippen molar-refractivity contribution in [2.24, 2.45) is 0 Å². The number of nitrogens with one attached hydrogen (secondary N) is 1. The summed E-state index contributed by atoms with van der Waals surface area (Å²) in [5.74, 6) is -0.428. The van der Waals surface area contributed by atoms with Crippen LogP contribution in [0.2, 0.25) is 0 Å². The Hall–Kier alpha value is -3.85. The Morgan fingerprint density at radius 2 is 1.80 bits per heavy atom. The van der Waals surface area contributed by atoms with Gasteiger partial charge in [0.1, 0.15) is 11.6 Å². The van der Waals surface area contributed by atoms with Crippen LogP contribution in [0.3, 0.4) is 0 Å². The van der Waals surface area contributed by atoms with Crippen molar-refractivity contribution in [1.29, 1.82) is 5.26 Å². The summed E-state index contributed by atoms with van der Waals surface area (Å²) >= 11 is 0. The van der Waals surface area contributed by atoms with Crippen LogP contribution in [-0.2, 0) is 4.79 Å². The molecule has 2 aromatic rings. The van der Waals surface area contributed by atoms with Crippen LogP contribution in [0, 0.1) is 32.1 Å². The summed E-state index contributed by atoms with van der Waals surface area (Å²) in [7, 11) is 1.45. The Balaban J connectivity index is 2.31. The zero-order valence-corrected chi connectivity index (χ0v) is 17.5. The van der Waals surface area contributed by atoms with Crippen LogP contribution in [0.4, 0.5) is 0 Å². The summed E-state index contributed by atoms with van der Waals surface area (Å²) in [5, 5.41) is 11.8. The van der Waals surface area contributed by atoms with E-state index < -0.39 is 11.9 Å². The fourth-order valence-corrected chi connectivity index (χ4v) is 3.09. The highest BCUT2D eigenvalue weighted by Gasteiger charge is 2.18. The van der Waals surface area contributed by atoms with Gasteiger partial charge in [-0.1, -0.05) is 29.8 Å². The molecule has 1 N–H and O–H groups in total. The predicted octanol–water partition coefficient (Wildman–Crippen LogP) is 4.05. The second kappa shape index (κ2) is 10.1. The van der Waals surface area contributed by atoms with Crippen LogP contribution in [0.5, 0.6) is 11.5 Å². The van der Waals surface area contributed by atoms with Gasteiger partial charge in [0, 0.05) is 6.54 Å². The molecule has 154 valence electrons. The highest BCUT2D eigenvalue weighted by molar-refractivity contribution is 6.01. The molecule has 0 saturated carbocycles. The standard InChI is InChI=1S/C24H24N2O4/c1-6-9-26-23(27)19(14-25)12-18-7-8-20(21(13-18)29-5)30-24(28)22-16(3)10-15(2)11-17(22)4/h6-8,10-13H,1,9H2,2-5H3,(H,26,27). The van der Waals surface area contributed by atoms with E-state index in [-0.39, 0.29) is 17.9 Å². The molecule has 0 heterocycles. The maximum absolute atomic E-state index is 12.7. The largest absolute Gasteiger partial charge is 0.493 e. The van der Waals surface area contributed by atoms with E-state index in [4.69, 9.17) is 9.47 Å². The number of nitriles is 1. The minimum absolute atomic E-state index is 0.0606. The number of hydrogen-bond donors (Lipinski definition) is 1. The Bertz CT molecular complexity index is 1040. The lowest BCUT2D eigenvalue weighted by molar-refractivity contribution is -0.116. The third-order valence-electron chi connectivity index (χ3n) is 4.35. The molecule has 1 amide bonds. The monoisotopic (exact) mass is 404 g/mol. The highest BCUT2D eigenvalue weighted by atomic mass is 16.6. The Labute approximate surface area is 176 Å². The van der Waals surface area contributed by atoms with E-state index in [1.54, 1.807) is 18.2 Å². The minimum Gasteiger partial charge on any atom is -0.493 e. The molecule has 0 aromatic heterocycles. The number of carbonyl (C=O) groups excluding carboxylic acids is 2. The number of nitrogens with zero attached hydrogens (tertiary/aromatic N) is 1. The van der Waals surface area contributed by atoms with E-state index in [1.165, 1.54) is 19.3 Å². The van der Waals surface area contributed by atoms with Gasteiger partial charge in [0.2, 0.25) is 0 Å². The molecule has 6 nitrogen and oxygen atoms in total. The predicted molar refractivity (Wildman–Crippen MR) is 115 cm³/mol. The third-order valence-corrected chi connectivity index (χ3v) is 4.35. The van der Waals surface area contributed by atoms with Gasteiger partial charge in [0.05, 0.1) is 12.7 Å². The zero-order chi connectivity index (χ0) is 22.3. The van der Waals surface area contributed by atoms with E-state index >= 15 is 0 Å². The summed E-state index contributed by atoms with van der Waals surface area (Å²) in [6.45, 7) is 9.47. The average molecular weight is 404 g/mol. The maximum Gasteiger partial charge on any atom is 0.344 e. The van der Waals surface area contributed by atoms with Gasteiger partial charge in [-0.2, -0.15) is 5.26 Å². The fraction of sp³-hybridized carbons (Fsp3) is 0.208. The number of methoxy groups -OCH3 is 1. The molecular weight excluding hydrogens is 380 g/mol. The molecule has 0 bridgehead atoms. The fourth-order valence-electron chi connectivity index (χ4n) is 3.09. The maximum atomic E-state index is 12.7. The number of esters is 1. The highest BCUT2D eigenvalue weighted by Crippen LogP contribution is 2.30. The molecule has 6 heteroatoms. The first kappa shape index (κ1) is 22.4. The van der Waals surface area contributed by atoms with Gasteiger partial charge in [-0.05, 0) is 55.7 Å². The topological polar surface area (TPSA) is 88.4 Å². The van der Waals surface area contributed by atoms with Gasteiger partial charge in [0.25, 0.3) is 5.91 Å². The first-order chi connectivity index (χ1) is 14.3. The molecule has 30 heavy (non-hydrogen) atoms. The molecule has 0 unspecified atom stereocenters. The zero-order valence-electron chi connectivity index (χ0n) is 17.5. The Morgan fingerprint density at radius 1 is 1.13 bits per heavy atom. The van der Waals surface area contributed by atoms with Gasteiger partial charge < -0.3 is 14.8 Å². The number of hydrogen-bond acceptors (Lipinski definition) is 5. The normalized spacial score (nSPS) is 10.7. The minimum atomic E-state index is -0.503. The van der Waals surface area contributed by atoms with E-state index in [0.717, 1.165) is 16.7 Å². The number of amides is 1. The second-order valence-electron chi connectivity index (χ2n) is 6.74. The Morgan fingerprint density at radius 3 is 2.37 bits per heavy atom. The van der Waals surface area contributed by atoms with Crippen molar-refractivity contribution in [2.45, 2.75) is 20.8 Å². The van der Waals surface area contributed by atoms with Crippen LogP contribution < -0.4 is 14.8 Å². The molecule has 0 saturated heterocycles. The summed E-state index contributed by atoms with van der Waals surface area (Å²) in [5.41, 5.74) is 3.74. The van der Waals surface area contributed by atoms with Gasteiger partial charge in [0.15, 0.2) is 11.5 Å². The number of benzene rings is 2. The summed E-state index contributed by atoms with van der Waals surface area (Å²) < 4.78 is 10.9. The summed E-state index contributed by atoms with van der Waals surface area (Å²) in [6, 6.07) is 10.5. The van der Waals surface area contributed by atoms with Gasteiger partial charge in [-0.3, -0.25) is 4.79 Å². The van der Waals surface area contributed by atoms with Crippen molar-refractivity contribution < 1.29 is 19.1 Å². The summed E-state index contributed by atoms with van der Waals surface area (Å²) in [4.78, 5) is 24.7. The van der Waals surface area contributed by atoms with Crippen LogP contribution in [0.1, 0.15) is 32.6 Å². The molecule has 2 rings (SSSR count). The molecule has 0 aliphatic heterocycles. The molecule has 0 fully saturated rings. The van der Waals surface area contributed by atoms with Crippen molar-refractivity contribution in [2.75, 3.05) is 13.7 Å². The number of carbonyl (C=O) groups is 2. The molecular formula is C24H24N2O4. The van der Waals surface area contributed by atoms with Crippen LogP contribution in [0.25, 0.3) is 6.08 Å². The lowest BCUT2D eigenvalue weighted by Gasteiger charge is -2.13. The van der Waals surface area contributed by atoms with Crippen LogP contribution in [0.15, 0.2) is 48.6 Å². The average Bonchev–Trinajstić information content (AvgIpc) is 2.70.